The molecule has 1 aromatic heterocycles. The molecule has 3 rings (SSSR count). The fourth-order valence-corrected chi connectivity index (χ4v) is 3.05. The number of aromatic nitrogens is 2. The third kappa shape index (κ3) is 4.89. The lowest BCUT2D eigenvalue weighted by Gasteiger charge is -2.28. The zero-order chi connectivity index (χ0) is 21.7. The molecule has 1 atom stereocenters. The highest BCUT2D eigenvalue weighted by molar-refractivity contribution is 5.94. The summed E-state index contributed by atoms with van der Waals surface area (Å²) < 4.78 is 5.32. The molecule has 0 aliphatic carbocycles. The molecule has 1 heterocycles. The molecule has 30 heavy (non-hydrogen) atoms. The lowest BCUT2D eigenvalue weighted by Crippen LogP contribution is -2.39. The molecule has 156 valence electrons. The summed E-state index contributed by atoms with van der Waals surface area (Å²) in [6, 6.07) is 13.6. The minimum absolute atomic E-state index is 0.0366. The standard InChI is InChI=1S/C22H24N4O4/c1-4-16(3)25(22(27)17-10-8-15(2)9-11-17)13-12-20-23-21(24-30-20)18-6-5-7-19(14-18)26(28)29/h5-11,14,16H,4,12-13H2,1-3H3/t16-/m0/s1. The van der Waals surface area contributed by atoms with Gasteiger partial charge in [0.2, 0.25) is 11.7 Å². The van der Waals surface area contributed by atoms with Gasteiger partial charge in [-0.15, -0.1) is 0 Å². The Balaban J connectivity index is 1.73. The number of rotatable bonds is 8. The van der Waals surface area contributed by atoms with Crippen LogP contribution in [-0.2, 0) is 6.42 Å². The van der Waals surface area contributed by atoms with Crippen molar-refractivity contribution in [3.8, 4) is 11.4 Å². The van der Waals surface area contributed by atoms with Crippen LogP contribution in [-0.4, -0.2) is 38.5 Å². The van der Waals surface area contributed by atoms with Crippen molar-refractivity contribution in [1.82, 2.24) is 15.0 Å². The summed E-state index contributed by atoms with van der Waals surface area (Å²) in [5, 5.41) is 14.9. The van der Waals surface area contributed by atoms with Crippen LogP contribution >= 0.6 is 0 Å². The first-order chi connectivity index (χ1) is 14.4. The molecule has 0 unspecified atom stereocenters. The Kier molecular flexibility index (Phi) is 6.56. The molecular weight excluding hydrogens is 384 g/mol. The van der Waals surface area contributed by atoms with Crippen LogP contribution in [0.2, 0.25) is 0 Å². The smallest absolute Gasteiger partial charge is 0.270 e. The van der Waals surface area contributed by atoms with Gasteiger partial charge in [-0.1, -0.05) is 41.9 Å². The first-order valence-corrected chi connectivity index (χ1v) is 9.84. The lowest BCUT2D eigenvalue weighted by molar-refractivity contribution is -0.384. The number of carbonyl (C=O) groups excluding carboxylic acids is 1. The van der Waals surface area contributed by atoms with Gasteiger partial charge in [-0.2, -0.15) is 4.98 Å². The van der Waals surface area contributed by atoms with E-state index in [2.05, 4.69) is 10.1 Å². The largest absolute Gasteiger partial charge is 0.339 e. The van der Waals surface area contributed by atoms with E-state index in [4.69, 9.17) is 4.52 Å². The molecule has 0 saturated heterocycles. The van der Waals surface area contributed by atoms with E-state index in [1.54, 1.807) is 12.1 Å². The van der Waals surface area contributed by atoms with Gasteiger partial charge in [0.15, 0.2) is 0 Å². The van der Waals surface area contributed by atoms with Crippen LogP contribution in [0.1, 0.15) is 42.1 Å². The topological polar surface area (TPSA) is 102 Å². The Morgan fingerprint density at radius 3 is 2.63 bits per heavy atom. The highest BCUT2D eigenvalue weighted by Gasteiger charge is 2.21. The number of benzene rings is 2. The van der Waals surface area contributed by atoms with Crippen molar-refractivity contribution in [3.05, 3.63) is 75.7 Å². The molecule has 8 nitrogen and oxygen atoms in total. The molecule has 0 aliphatic heterocycles. The highest BCUT2D eigenvalue weighted by atomic mass is 16.6. The molecule has 0 N–H and O–H groups in total. The maximum Gasteiger partial charge on any atom is 0.270 e. The number of hydrogen-bond acceptors (Lipinski definition) is 6. The second kappa shape index (κ2) is 9.30. The second-order valence-corrected chi connectivity index (χ2v) is 7.19. The average Bonchev–Trinajstić information content (AvgIpc) is 3.23. The summed E-state index contributed by atoms with van der Waals surface area (Å²) >= 11 is 0. The molecule has 0 bridgehead atoms. The predicted molar refractivity (Wildman–Crippen MR) is 112 cm³/mol. The van der Waals surface area contributed by atoms with Gasteiger partial charge in [0.05, 0.1) is 4.92 Å². The Morgan fingerprint density at radius 1 is 1.23 bits per heavy atom. The highest BCUT2D eigenvalue weighted by Crippen LogP contribution is 2.22. The van der Waals surface area contributed by atoms with Gasteiger partial charge in [-0.05, 0) is 32.4 Å². The monoisotopic (exact) mass is 408 g/mol. The van der Waals surface area contributed by atoms with Crippen LogP contribution in [0.3, 0.4) is 0 Å². The minimum Gasteiger partial charge on any atom is -0.339 e. The maximum absolute atomic E-state index is 13.0. The Hall–Kier alpha value is -3.55. The maximum atomic E-state index is 13.0. The average molecular weight is 408 g/mol. The van der Waals surface area contributed by atoms with Crippen molar-refractivity contribution in [3.63, 3.8) is 0 Å². The normalized spacial score (nSPS) is 11.8. The van der Waals surface area contributed by atoms with E-state index in [-0.39, 0.29) is 23.5 Å². The molecule has 3 aromatic rings. The van der Waals surface area contributed by atoms with Crippen LogP contribution in [0.4, 0.5) is 5.69 Å². The summed E-state index contributed by atoms with van der Waals surface area (Å²) in [5.74, 6) is 0.623. The Labute approximate surface area is 174 Å². The molecule has 2 aromatic carbocycles. The number of carbonyl (C=O) groups is 1. The zero-order valence-corrected chi connectivity index (χ0v) is 17.2. The third-order valence-corrected chi connectivity index (χ3v) is 5.03. The Morgan fingerprint density at radius 2 is 1.97 bits per heavy atom. The number of amides is 1. The molecular formula is C22H24N4O4. The van der Waals surface area contributed by atoms with Gasteiger partial charge in [0.1, 0.15) is 0 Å². The fourth-order valence-electron chi connectivity index (χ4n) is 3.05. The van der Waals surface area contributed by atoms with Crippen molar-refractivity contribution in [2.45, 2.75) is 39.7 Å². The summed E-state index contributed by atoms with van der Waals surface area (Å²) in [4.78, 5) is 29.6. The number of hydrogen-bond donors (Lipinski definition) is 0. The Bertz CT molecular complexity index is 1030. The van der Waals surface area contributed by atoms with E-state index in [0.717, 1.165) is 12.0 Å². The van der Waals surface area contributed by atoms with Crippen LogP contribution < -0.4 is 0 Å². The first-order valence-electron chi connectivity index (χ1n) is 9.84. The van der Waals surface area contributed by atoms with Crippen LogP contribution in [0.15, 0.2) is 53.1 Å². The van der Waals surface area contributed by atoms with E-state index in [0.29, 0.717) is 30.0 Å². The summed E-state index contributed by atoms with van der Waals surface area (Å²) in [5.41, 5.74) is 2.21. The van der Waals surface area contributed by atoms with E-state index in [9.17, 15) is 14.9 Å². The van der Waals surface area contributed by atoms with Gasteiger partial charge in [0.25, 0.3) is 11.6 Å². The van der Waals surface area contributed by atoms with Crippen molar-refractivity contribution < 1.29 is 14.2 Å². The molecule has 0 saturated carbocycles. The zero-order valence-electron chi connectivity index (χ0n) is 17.2. The molecule has 0 aliphatic rings. The number of nitro benzene ring substituents is 1. The lowest BCUT2D eigenvalue weighted by atomic mass is 10.1. The van der Waals surface area contributed by atoms with Gasteiger partial charge in [-0.25, -0.2) is 0 Å². The third-order valence-electron chi connectivity index (χ3n) is 5.03. The van der Waals surface area contributed by atoms with Gasteiger partial charge >= 0.3 is 0 Å². The molecule has 8 heteroatoms. The molecule has 0 fully saturated rings. The first kappa shape index (κ1) is 21.2. The predicted octanol–water partition coefficient (Wildman–Crippen LogP) is 4.44. The van der Waals surface area contributed by atoms with Crippen molar-refractivity contribution >= 4 is 11.6 Å². The molecule has 1 amide bonds. The van der Waals surface area contributed by atoms with Crippen LogP contribution in [0.25, 0.3) is 11.4 Å². The van der Waals surface area contributed by atoms with Gasteiger partial charge < -0.3 is 9.42 Å². The number of nitrogens with zero attached hydrogens (tertiary/aromatic N) is 4. The van der Waals surface area contributed by atoms with Crippen molar-refractivity contribution in [2.75, 3.05) is 6.54 Å². The number of non-ortho nitro benzene ring substituents is 1. The number of aryl methyl sites for hydroxylation is 1. The summed E-state index contributed by atoms with van der Waals surface area (Å²) in [6.07, 6.45) is 1.21. The van der Waals surface area contributed by atoms with Gasteiger partial charge in [-0.3, -0.25) is 14.9 Å². The molecule has 0 spiro atoms. The van der Waals surface area contributed by atoms with Crippen LogP contribution in [0.5, 0.6) is 0 Å². The van der Waals surface area contributed by atoms with E-state index in [1.165, 1.54) is 12.1 Å². The quantitative estimate of drug-likeness (QED) is 0.403. The summed E-state index contributed by atoms with van der Waals surface area (Å²) in [6.45, 7) is 6.45. The van der Waals surface area contributed by atoms with Gasteiger partial charge in [0, 0.05) is 42.3 Å². The van der Waals surface area contributed by atoms with Crippen molar-refractivity contribution in [1.29, 1.82) is 0 Å². The van der Waals surface area contributed by atoms with E-state index >= 15 is 0 Å². The van der Waals surface area contributed by atoms with E-state index in [1.807, 2.05) is 49.9 Å². The summed E-state index contributed by atoms with van der Waals surface area (Å²) in [7, 11) is 0. The fraction of sp³-hybridized carbons (Fsp3) is 0.318. The minimum atomic E-state index is -0.467. The van der Waals surface area contributed by atoms with E-state index < -0.39 is 4.92 Å². The van der Waals surface area contributed by atoms with Crippen LogP contribution in [0, 0.1) is 17.0 Å². The SMILES string of the molecule is CC[C@H](C)N(CCc1nc(-c2cccc([N+](=O)[O-])c2)no1)C(=O)c1ccc(C)cc1. The second-order valence-electron chi connectivity index (χ2n) is 7.19. The molecule has 0 radical (unpaired) electrons. The van der Waals surface area contributed by atoms with Crippen molar-refractivity contribution in [2.24, 2.45) is 0 Å². The number of nitro groups is 1.